The van der Waals surface area contributed by atoms with Crippen molar-refractivity contribution in [1.29, 1.82) is 0 Å². The standard InChI is InChI=1S/C26H29N3O4S/c1-16(2)33-23-15-27-22(18-6-4-7-18)14-20(23)26(12-13-26)25(30)29-34(31,32)24-9-5-8-21-19(24)11-10-17(3)28-21/h5,8-11,14-16,18H,4,6-7,12-13H2,1-3H3,(H,29,30). The second kappa shape index (κ2) is 8.34. The zero-order valence-corrected chi connectivity index (χ0v) is 20.5. The summed E-state index contributed by atoms with van der Waals surface area (Å²) in [5, 5.41) is 0.484. The minimum atomic E-state index is -4.10. The van der Waals surface area contributed by atoms with Crippen LogP contribution in [0.15, 0.2) is 47.5 Å². The number of carbonyl (C=O) groups is 1. The minimum absolute atomic E-state index is 0.0465. The van der Waals surface area contributed by atoms with Crippen LogP contribution in [0.5, 0.6) is 5.75 Å². The van der Waals surface area contributed by atoms with Gasteiger partial charge < -0.3 is 4.74 Å². The number of pyridine rings is 2. The van der Waals surface area contributed by atoms with Crippen LogP contribution in [0.25, 0.3) is 10.9 Å². The maximum absolute atomic E-state index is 13.5. The van der Waals surface area contributed by atoms with Crippen LogP contribution < -0.4 is 9.46 Å². The summed E-state index contributed by atoms with van der Waals surface area (Å²) >= 11 is 0. The van der Waals surface area contributed by atoms with E-state index in [2.05, 4.69) is 14.7 Å². The van der Waals surface area contributed by atoms with Crippen molar-refractivity contribution in [3.63, 3.8) is 0 Å². The number of fused-ring (bicyclic) bond motifs is 1. The third-order valence-electron chi connectivity index (χ3n) is 6.82. The summed E-state index contributed by atoms with van der Waals surface area (Å²) in [5.74, 6) is 0.415. The van der Waals surface area contributed by atoms with Gasteiger partial charge in [0.05, 0.1) is 28.1 Å². The molecule has 1 aromatic carbocycles. The monoisotopic (exact) mass is 479 g/mol. The van der Waals surface area contributed by atoms with Gasteiger partial charge in [0.1, 0.15) is 5.75 Å². The molecule has 2 aliphatic carbocycles. The largest absolute Gasteiger partial charge is 0.489 e. The van der Waals surface area contributed by atoms with E-state index in [4.69, 9.17) is 4.74 Å². The Balaban J connectivity index is 1.50. The van der Waals surface area contributed by atoms with Crippen LogP contribution >= 0.6 is 0 Å². The predicted octanol–water partition coefficient (Wildman–Crippen LogP) is 4.53. The Labute approximate surface area is 200 Å². The summed E-state index contributed by atoms with van der Waals surface area (Å²) in [4.78, 5) is 22.6. The van der Waals surface area contributed by atoms with E-state index < -0.39 is 21.3 Å². The fourth-order valence-corrected chi connectivity index (χ4v) is 5.86. The smallest absolute Gasteiger partial charge is 0.264 e. The summed E-state index contributed by atoms with van der Waals surface area (Å²) in [5.41, 5.74) is 2.12. The molecule has 0 saturated heterocycles. The van der Waals surface area contributed by atoms with Gasteiger partial charge in [-0.25, -0.2) is 13.1 Å². The van der Waals surface area contributed by atoms with Gasteiger partial charge in [0.25, 0.3) is 10.0 Å². The molecule has 0 unspecified atom stereocenters. The number of sulfonamides is 1. The lowest BCUT2D eigenvalue weighted by Gasteiger charge is -2.27. The molecule has 0 bridgehead atoms. The summed E-state index contributed by atoms with van der Waals surface area (Å²) in [6, 6.07) is 10.4. The van der Waals surface area contributed by atoms with Crippen LogP contribution in [0.4, 0.5) is 0 Å². The Bertz CT molecular complexity index is 1380. The van der Waals surface area contributed by atoms with Gasteiger partial charge in [-0.2, -0.15) is 0 Å². The molecule has 5 rings (SSSR count). The topological polar surface area (TPSA) is 98.2 Å². The number of aromatic nitrogens is 2. The predicted molar refractivity (Wildman–Crippen MR) is 129 cm³/mol. The molecular formula is C26H29N3O4S. The van der Waals surface area contributed by atoms with Crippen molar-refractivity contribution in [2.75, 3.05) is 0 Å². The number of rotatable bonds is 7. The second-order valence-corrected chi connectivity index (χ2v) is 11.3. The number of aryl methyl sites for hydroxylation is 1. The molecule has 34 heavy (non-hydrogen) atoms. The molecule has 2 aromatic heterocycles. The van der Waals surface area contributed by atoms with E-state index in [1.165, 1.54) is 12.5 Å². The van der Waals surface area contributed by atoms with E-state index >= 15 is 0 Å². The molecule has 3 aromatic rings. The maximum atomic E-state index is 13.5. The SMILES string of the molecule is Cc1ccc2c(S(=O)(=O)NC(=O)C3(c4cc(C5CCC5)ncc4OC(C)C)CC3)cccc2n1. The van der Waals surface area contributed by atoms with Crippen molar-refractivity contribution >= 4 is 26.8 Å². The molecule has 1 amide bonds. The van der Waals surface area contributed by atoms with Gasteiger partial charge in [-0.1, -0.05) is 12.5 Å². The van der Waals surface area contributed by atoms with Gasteiger partial charge in [0, 0.05) is 28.3 Å². The first-order chi connectivity index (χ1) is 16.2. The summed E-state index contributed by atoms with van der Waals surface area (Å²) in [6.45, 7) is 5.69. The highest BCUT2D eigenvalue weighted by Gasteiger charge is 2.54. The molecule has 0 aliphatic heterocycles. The number of carbonyl (C=O) groups excluding carboxylic acids is 1. The number of hydrogen-bond donors (Lipinski definition) is 1. The Morgan fingerprint density at radius 1 is 1.18 bits per heavy atom. The molecular weight excluding hydrogens is 450 g/mol. The van der Waals surface area contributed by atoms with Crippen molar-refractivity contribution in [1.82, 2.24) is 14.7 Å². The highest BCUT2D eigenvalue weighted by atomic mass is 32.2. The fraction of sp³-hybridized carbons (Fsp3) is 0.423. The molecule has 2 aliphatic rings. The Kier molecular flexibility index (Phi) is 5.59. The van der Waals surface area contributed by atoms with Gasteiger partial charge in [0.15, 0.2) is 0 Å². The summed E-state index contributed by atoms with van der Waals surface area (Å²) < 4.78 is 35.0. The number of hydrogen-bond acceptors (Lipinski definition) is 6. The zero-order valence-electron chi connectivity index (χ0n) is 19.7. The average Bonchev–Trinajstić information content (AvgIpc) is 3.54. The van der Waals surface area contributed by atoms with Crippen molar-refractivity contribution in [2.45, 2.75) is 75.2 Å². The van der Waals surface area contributed by atoms with Crippen molar-refractivity contribution in [3.8, 4) is 5.75 Å². The highest BCUT2D eigenvalue weighted by molar-refractivity contribution is 7.90. The lowest BCUT2D eigenvalue weighted by atomic mass is 9.81. The van der Waals surface area contributed by atoms with Crippen LogP contribution in [0.3, 0.4) is 0 Å². The van der Waals surface area contributed by atoms with Gasteiger partial charge in [0.2, 0.25) is 5.91 Å². The zero-order chi connectivity index (χ0) is 24.1. The van der Waals surface area contributed by atoms with E-state index in [0.29, 0.717) is 35.4 Å². The van der Waals surface area contributed by atoms with Crippen LogP contribution in [0.2, 0.25) is 0 Å². The van der Waals surface area contributed by atoms with Crippen molar-refractivity contribution in [2.24, 2.45) is 0 Å². The minimum Gasteiger partial charge on any atom is -0.489 e. The van der Waals surface area contributed by atoms with E-state index in [-0.39, 0.29) is 11.0 Å². The van der Waals surface area contributed by atoms with Gasteiger partial charge in [-0.15, -0.1) is 0 Å². The van der Waals surface area contributed by atoms with Gasteiger partial charge >= 0.3 is 0 Å². The lowest BCUT2D eigenvalue weighted by molar-refractivity contribution is -0.121. The van der Waals surface area contributed by atoms with Gasteiger partial charge in [-0.05, 0) is 76.8 Å². The van der Waals surface area contributed by atoms with E-state index in [0.717, 1.165) is 29.8 Å². The molecule has 0 spiro atoms. The summed E-state index contributed by atoms with van der Waals surface area (Å²) in [7, 11) is -4.10. The maximum Gasteiger partial charge on any atom is 0.264 e. The number of nitrogens with zero attached hydrogens (tertiary/aromatic N) is 2. The van der Waals surface area contributed by atoms with E-state index in [1.807, 2.05) is 26.8 Å². The number of nitrogens with one attached hydrogen (secondary N) is 1. The van der Waals surface area contributed by atoms with Crippen molar-refractivity contribution in [3.05, 3.63) is 59.5 Å². The van der Waals surface area contributed by atoms with Crippen LogP contribution in [-0.2, 0) is 20.2 Å². The number of ether oxygens (including phenoxy) is 1. The third kappa shape index (κ3) is 4.04. The first-order valence-electron chi connectivity index (χ1n) is 11.8. The van der Waals surface area contributed by atoms with Crippen LogP contribution in [0.1, 0.15) is 68.8 Å². The Morgan fingerprint density at radius 2 is 1.94 bits per heavy atom. The number of benzene rings is 1. The molecule has 2 fully saturated rings. The molecule has 0 atom stereocenters. The van der Waals surface area contributed by atoms with Crippen LogP contribution in [0, 0.1) is 6.92 Å². The first-order valence-corrected chi connectivity index (χ1v) is 13.3. The summed E-state index contributed by atoms with van der Waals surface area (Å²) in [6.07, 6.45) is 6.07. The molecule has 2 heterocycles. The quantitative estimate of drug-likeness (QED) is 0.535. The molecule has 8 heteroatoms. The molecule has 7 nitrogen and oxygen atoms in total. The highest BCUT2D eigenvalue weighted by Crippen LogP contribution is 2.53. The fourth-order valence-electron chi connectivity index (χ4n) is 4.59. The van der Waals surface area contributed by atoms with Gasteiger partial charge in [-0.3, -0.25) is 14.8 Å². The molecule has 2 saturated carbocycles. The molecule has 0 radical (unpaired) electrons. The van der Waals surface area contributed by atoms with E-state index in [9.17, 15) is 13.2 Å². The lowest BCUT2D eigenvalue weighted by Crippen LogP contribution is -2.39. The Morgan fingerprint density at radius 3 is 2.59 bits per heavy atom. The second-order valence-electron chi connectivity index (χ2n) is 9.69. The number of amides is 1. The van der Waals surface area contributed by atoms with Crippen LogP contribution in [-0.4, -0.2) is 30.4 Å². The molecule has 178 valence electrons. The van der Waals surface area contributed by atoms with Crippen molar-refractivity contribution < 1.29 is 17.9 Å². The molecule has 1 N–H and O–H groups in total. The Hall–Kier alpha value is -3.00. The normalized spacial score (nSPS) is 17.4. The average molecular weight is 480 g/mol. The van der Waals surface area contributed by atoms with E-state index in [1.54, 1.807) is 30.5 Å². The first kappa shape index (κ1) is 22.8. The third-order valence-corrected chi connectivity index (χ3v) is 8.21.